The van der Waals surface area contributed by atoms with Crippen molar-refractivity contribution in [2.45, 2.75) is 26.0 Å². The van der Waals surface area contributed by atoms with E-state index in [1.54, 1.807) is 19.1 Å². The lowest BCUT2D eigenvalue weighted by atomic mass is 9.99. The van der Waals surface area contributed by atoms with Crippen LogP contribution in [0.5, 0.6) is 11.5 Å². The number of benzene rings is 1. The van der Waals surface area contributed by atoms with Gasteiger partial charge >= 0.3 is 12.0 Å². The standard InChI is InChI=1S/C23H27N3O6/c1-3-26(12-15-14-31-17-8-5-6-9-18(17)32-15)13-16-20(22(27)29-4-2)21(25-23(28)24-16)19-10-7-11-30-19/h5-11,15,21H,3-4,12-14H2,1-2H3,(H2,24,25,28). The molecule has 2 unspecified atom stereocenters. The van der Waals surface area contributed by atoms with E-state index >= 15 is 0 Å². The van der Waals surface area contributed by atoms with Gasteiger partial charge in [0.15, 0.2) is 11.5 Å². The number of ether oxygens (including phenoxy) is 3. The van der Waals surface area contributed by atoms with Crippen molar-refractivity contribution >= 4 is 12.0 Å². The van der Waals surface area contributed by atoms with E-state index in [-0.39, 0.29) is 12.7 Å². The summed E-state index contributed by atoms with van der Waals surface area (Å²) >= 11 is 0. The summed E-state index contributed by atoms with van der Waals surface area (Å²) in [6.07, 6.45) is 1.32. The highest BCUT2D eigenvalue weighted by Gasteiger charge is 2.36. The van der Waals surface area contributed by atoms with Crippen LogP contribution in [0.15, 0.2) is 58.3 Å². The van der Waals surface area contributed by atoms with Crippen molar-refractivity contribution in [1.29, 1.82) is 0 Å². The highest BCUT2D eigenvalue weighted by molar-refractivity contribution is 5.95. The quantitative estimate of drug-likeness (QED) is 0.607. The van der Waals surface area contributed by atoms with Crippen LogP contribution in [0.4, 0.5) is 4.79 Å². The summed E-state index contributed by atoms with van der Waals surface area (Å²) in [4.78, 5) is 27.3. The topological polar surface area (TPSA) is 102 Å². The second kappa shape index (κ2) is 9.78. The Morgan fingerprint density at radius 1 is 1.19 bits per heavy atom. The lowest BCUT2D eigenvalue weighted by Crippen LogP contribution is -2.49. The van der Waals surface area contributed by atoms with E-state index in [0.717, 1.165) is 5.75 Å². The lowest BCUT2D eigenvalue weighted by Gasteiger charge is -2.33. The molecule has 1 aromatic carbocycles. The van der Waals surface area contributed by atoms with Crippen molar-refractivity contribution in [3.8, 4) is 11.5 Å². The van der Waals surface area contributed by atoms with Crippen LogP contribution in [0.2, 0.25) is 0 Å². The fourth-order valence-corrected chi connectivity index (χ4v) is 3.83. The number of furan rings is 1. The molecule has 2 atom stereocenters. The van der Waals surface area contributed by atoms with Gasteiger partial charge in [0.05, 0.1) is 18.4 Å². The smallest absolute Gasteiger partial charge is 0.338 e. The van der Waals surface area contributed by atoms with Crippen LogP contribution in [0.25, 0.3) is 0 Å². The number of rotatable bonds is 8. The van der Waals surface area contributed by atoms with Gasteiger partial charge in [-0.25, -0.2) is 9.59 Å². The molecule has 170 valence electrons. The van der Waals surface area contributed by atoms with Crippen molar-refractivity contribution < 1.29 is 28.2 Å². The number of nitrogens with one attached hydrogen (secondary N) is 2. The Bertz CT molecular complexity index is 987. The molecule has 9 nitrogen and oxygen atoms in total. The predicted octanol–water partition coefficient (Wildman–Crippen LogP) is 2.61. The number of fused-ring (bicyclic) bond motifs is 1. The minimum Gasteiger partial charge on any atom is -0.486 e. The summed E-state index contributed by atoms with van der Waals surface area (Å²) in [5, 5.41) is 5.54. The summed E-state index contributed by atoms with van der Waals surface area (Å²) in [5.41, 5.74) is 0.804. The van der Waals surface area contributed by atoms with Crippen molar-refractivity contribution in [2.24, 2.45) is 0 Å². The summed E-state index contributed by atoms with van der Waals surface area (Å²) in [7, 11) is 0. The van der Waals surface area contributed by atoms with Crippen LogP contribution in [0.3, 0.4) is 0 Å². The van der Waals surface area contributed by atoms with Crippen LogP contribution in [-0.2, 0) is 9.53 Å². The average molecular weight is 441 g/mol. The van der Waals surface area contributed by atoms with Gasteiger partial charge in [-0.05, 0) is 37.7 Å². The fraction of sp³-hybridized carbons (Fsp3) is 0.391. The maximum absolute atomic E-state index is 12.8. The van der Waals surface area contributed by atoms with Gasteiger partial charge in [0.2, 0.25) is 0 Å². The molecule has 2 N–H and O–H groups in total. The molecule has 0 aliphatic carbocycles. The maximum atomic E-state index is 12.8. The molecule has 0 saturated heterocycles. The van der Waals surface area contributed by atoms with E-state index in [2.05, 4.69) is 15.5 Å². The average Bonchev–Trinajstić information content (AvgIpc) is 3.33. The third-order valence-electron chi connectivity index (χ3n) is 5.33. The Kier molecular flexibility index (Phi) is 6.65. The molecule has 0 radical (unpaired) electrons. The zero-order valence-corrected chi connectivity index (χ0v) is 18.1. The van der Waals surface area contributed by atoms with Crippen LogP contribution in [-0.4, -0.2) is 55.9 Å². The Balaban J connectivity index is 1.56. The molecule has 2 aliphatic rings. The molecule has 32 heavy (non-hydrogen) atoms. The number of amides is 2. The predicted molar refractivity (Wildman–Crippen MR) is 115 cm³/mol. The number of hydrogen-bond acceptors (Lipinski definition) is 7. The molecule has 0 spiro atoms. The molecule has 1 aromatic heterocycles. The summed E-state index contributed by atoms with van der Waals surface area (Å²) in [6.45, 7) is 5.95. The molecular formula is C23H27N3O6. The van der Waals surface area contributed by atoms with Crippen LogP contribution in [0.1, 0.15) is 25.6 Å². The second-order valence-corrected chi connectivity index (χ2v) is 7.48. The minimum atomic E-state index is -0.729. The van der Waals surface area contributed by atoms with E-state index in [1.807, 2.05) is 31.2 Å². The first-order chi connectivity index (χ1) is 15.6. The van der Waals surface area contributed by atoms with Crippen molar-refractivity contribution in [3.05, 3.63) is 59.7 Å². The molecule has 2 aromatic rings. The normalized spacial score (nSPS) is 20.0. The van der Waals surface area contributed by atoms with Gasteiger partial charge in [0.1, 0.15) is 24.5 Å². The Labute approximate surface area is 186 Å². The van der Waals surface area contributed by atoms with Gasteiger partial charge in [0, 0.05) is 18.8 Å². The van der Waals surface area contributed by atoms with E-state index in [9.17, 15) is 9.59 Å². The number of para-hydroxylation sites is 2. The molecule has 3 heterocycles. The largest absolute Gasteiger partial charge is 0.486 e. The summed E-state index contributed by atoms with van der Waals surface area (Å²) in [5.74, 6) is 1.40. The highest BCUT2D eigenvalue weighted by Crippen LogP contribution is 2.32. The molecule has 0 bridgehead atoms. The SMILES string of the molecule is CCOC(=O)C1=C(CN(CC)CC2COc3ccccc3O2)NC(=O)NC1c1ccco1. The van der Waals surface area contributed by atoms with Crippen molar-refractivity contribution in [3.63, 3.8) is 0 Å². The molecule has 2 amide bonds. The number of urea groups is 1. The number of carbonyl (C=O) groups excluding carboxylic acids is 2. The Morgan fingerprint density at radius 3 is 2.72 bits per heavy atom. The second-order valence-electron chi connectivity index (χ2n) is 7.48. The number of carbonyl (C=O) groups is 2. The number of nitrogens with zero attached hydrogens (tertiary/aromatic N) is 1. The van der Waals surface area contributed by atoms with Crippen LogP contribution >= 0.6 is 0 Å². The summed E-state index contributed by atoms with van der Waals surface area (Å²) in [6, 6.07) is 9.85. The Hall–Kier alpha value is -3.46. The van der Waals surface area contributed by atoms with Gasteiger partial charge in [-0.2, -0.15) is 0 Å². The highest BCUT2D eigenvalue weighted by atomic mass is 16.6. The van der Waals surface area contributed by atoms with E-state index in [4.69, 9.17) is 18.6 Å². The first kappa shape index (κ1) is 21.8. The monoisotopic (exact) mass is 441 g/mol. The van der Waals surface area contributed by atoms with E-state index in [1.165, 1.54) is 6.26 Å². The molecule has 4 rings (SSSR count). The molecule has 0 fully saturated rings. The fourth-order valence-electron chi connectivity index (χ4n) is 3.83. The molecule has 2 aliphatic heterocycles. The minimum absolute atomic E-state index is 0.185. The number of esters is 1. The summed E-state index contributed by atoms with van der Waals surface area (Å²) < 4.78 is 22.7. The lowest BCUT2D eigenvalue weighted by molar-refractivity contribution is -0.139. The van der Waals surface area contributed by atoms with Crippen molar-refractivity contribution in [1.82, 2.24) is 15.5 Å². The zero-order chi connectivity index (χ0) is 22.5. The van der Waals surface area contributed by atoms with E-state index < -0.39 is 18.0 Å². The van der Waals surface area contributed by atoms with Crippen molar-refractivity contribution in [2.75, 3.05) is 32.8 Å². The molecule has 0 saturated carbocycles. The van der Waals surface area contributed by atoms with E-state index in [0.29, 0.717) is 49.0 Å². The van der Waals surface area contributed by atoms with Gasteiger partial charge in [0.25, 0.3) is 0 Å². The molecular weight excluding hydrogens is 414 g/mol. The third-order valence-corrected chi connectivity index (χ3v) is 5.33. The maximum Gasteiger partial charge on any atom is 0.338 e. The van der Waals surface area contributed by atoms with Crippen LogP contribution in [0, 0.1) is 0 Å². The molecule has 9 heteroatoms. The first-order valence-corrected chi connectivity index (χ1v) is 10.7. The first-order valence-electron chi connectivity index (χ1n) is 10.7. The van der Waals surface area contributed by atoms with Crippen LogP contribution < -0.4 is 20.1 Å². The zero-order valence-electron chi connectivity index (χ0n) is 18.1. The van der Waals surface area contributed by atoms with Gasteiger partial charge in [-0.1, -0.05) is 19.1 Å². The number of likely N-dealkylation sites (N-methyl/N-ethyl adjacent to an activating group) is 1. The van der Waals surface area contributed by atoms with Gasteiger partial charge < -0.3 is 29.3 Å². The number of hydrogen-bond donors (Lipinski definition) is 2. The van der Waals surface area contributed by atoms with Gasteiger partial charge in [-0.15, -0.1) is 0 Å². The third kappa shape index (κ3) is 4.72. The Morgan fingerprint density at radius 2 is 2.00 bits per heavy atom. The van der Waals surface area contributed by atoms with Gasteiger partial charge in [-0.3, -0.25) is 4.90 Å².